The third-order valence-electron chi connectivity index (χ3n) is 6.81. The van der Waals surface area contributed by atoms with Crippen LogP contribution in [-0.4, -0.2) is 52.5 Å². The predicted octanol–water partition coefficient (Wildman–Crippen LogP) is 4.32. The van der Waals surface area contributed by atoms with Crippen molar-refractivity contribution in [1.29, 1.82) is 0 Å². The lowest BCUT2D eigenvalue weighted by atomic mass is 9.82. The second kappa shape index (κ2) is 10.6. The number of amides is 2. The number of rotatable bonds is 7. The van der Waals surface area contributed by atoms with E-state index in [0.717, 1.165) is 37.9 Å². The third kappa shape index (κ3) is 5.80. The number of aromatic nitrogens is 1. The lowest BCUT2D eigenvalue weighted by molar-refractivity contribution is -0.137. The summed E-state index contributed by atoms with van der Waals surface area (Å²) in [5.41, 5.74) is 0.822. The molecule has 0 radical (unpaired) electrons. The van der Waals surface area contributed by atoms with Crippen molar-refractivity contribution in [3.63, 3.8) is 0 Å². The standard InChI is InChI=1S/C26H29F3N4O3/c1-16-13-19(26(27,28)29)14-31-23(16)30-11-12-33-15-21(22(34)25(33)36)24(35)32-20-9-7-18(8-10-20)17-5-3-2-4-6-17/h2-6,13-14,18,20,34H,7-12,15H2,1H3,(H,30,31)(H,32,35). The maximum atomic E-state index is 12.8. The maximum Gasteiger partial charge on any atom is 0.417 e. The van der Waals surface area contributed by atoms with Crippen LogP contribution in [0.15, 0.2) is 53.9 Å². The molecule has 0 spiro atoms. The van der Waals surface area contributed by atoms with E-state index in [1.807, 2.05) is 18.2 Å². The van der Waals surface area contributed by atoms with Crippen LogP contribution in [0, 0.1) is 6.92 Å². The number of hydrogen-bond acceptors (Lipinski definition) is 5. The van der Waals surface area contributed by atoms with Crippen molar-refractivity contribution in [1.82, 2.24) is 15.2 Å². The maximum absolute atomic E-state index is 12.8. The van der Waals surface area contributed by atoms with Gasteiger partial charge in [0, 0.05) is 25.3 Å². The Balaban J connectivity index is 1.26. The summed E-state index contributed by atoms with van der Waals surface area (Å²) in [6, 6.07) is 11.3. The molecule has 0 bridgehead atoms. The molecule has 7 nitrogen and oxygen atoms in total. The summed E-state index contributed by atoms with van der Waals surface area (Å²) >= 11 is 0. The average Bonchev–Trinajstić information content (AvgIpc) is 3.14. The molecule has 2 heterocycles. The fraction of sp³-hybridized carbons (Fsp3) is 0.423. The smallest absolute Gasteiger partial charge is 0.417 e. The van der Waals surface area contributed by atoms with Gasteiger partial charge in [-0.2, -0.15) is 13.2 Å². The second-order valence-corrected chi connectivity index (χ2v) is 9.30. The fourth-order valence-electron chi connectivity index (χ4n) is 4.77. The van der Waals surface area contributed by atoms with Gasteiger partial charge in [-0.05, 0) is 55.7 Å². The molecule has 1 fully saturated rings. The molecule has 0 saturated heterocycles. The first-order valence-corrected chi connectivity index (χ1v) is 12.0. The van der Waals surface area contributed by atoms with Gasteiger partial charge in [0.25, 0.3) is 11.8 Å². The monoisotopic (exact) mass is 502 g/mol. The van der Waals surface area contributed by atoms with Crippen molar-refractivity contribution in [3.05, 3.63) is 70.6 Å². The summed E-state index contributed by atoms with van der Waals surface area (Å²) in [5, 5.41) is 16.1. The zero-order valence-corrected chi connectivity index (χ0v) is 19.9. The number of hydrogen-bond donors (Lipinski definition) is 3. The number of halogens is 3. The molecule has 0 unspecified atom stereocenters. The van der Waals surface area contributed by atoms with Gasteiger partial charge in [-0.3, -0.25) is 9.59 Å². The molecule has 4 rings (SSSR count). The van der Waals surface area contributed by atoms with Crippen molar-refractivity contribution in [2.24, 2.45) is 0 Å². The number of aliphatic hydroxyl groups excluding tert-OH is 1. The molecule has 2 aliphatic rings. The van der Waals surface area contributed by atoms with Gasteiger partial charge in [0.05, 0.1) is 17.7 Å². The summed E-state index contributed by atoms with van der Waals surface area (Å²) in [6.45, 7) is 1.81. The van der Waals surface area contributed by atoms with E-state index in [1.165, 1.54) is 17.4 Å². The van der Waals surface area contributed by atoms with E-state index in [1.54, 1.807) is 0 Å². The van der Waals surface area contributed by atoms with Crippen LogP contribution in [0.3, 0.4) is 0 Å². The first-order valence-electron chi connectivity index (χ1n) is 12.0. The summed E-state index contributed by atoms with van der Waals surface area (Å²) in [5.74, 6) is -0.914. The van der Waals surface area contributed by atoms with Gasteiger partial charge in [-0.25, -0.2) is 4.98 Å². The minimum atomic E-state index is -4.47. The van der Waals surface area contributed by atoms with E-state index in [4.69, 9.17) is 0 Å². The molecule has 192 valence electrons. The Bertz CT molecular complexity index is 1140. The molecule has 1 aliphatic carbocycles. The molecule has 2 aromatic rings. The molecule has 3 N–H and O–H groups in total. The lowest BCUT2D eigenvalue weighted by Crippen LogP contribution is -2.39. The number of alkyl halides is 3. The topological polar surface area (TPSA) is 94.6 Å². The van der Waals surface area contributed by atoms with Crippen LogP contribution in [0.4, 0.5) is 19.0 Å². The van der Waals surface area contributed by atoms with Crippen LogP contribution in [-0.2, 0) is 15.8 Å². The number of anilines is 1. The van der Waals surface area contributed by atoms with Crippen molar-refractivity contribution in [2.45, 2.75) is 50.7 Å². The third-order valence-corrected chi connectivity index (χ3v) is 6.81. The Labute approximate surface area is 207 Å². The van der Waals surface area contributed by atoms with Crippen molar-refractivity contribution >= 4 is 17.6 Å². The molecule has 1 aromatic carbocycles. The van der Waals surface area contributed by atoms with Crippen LogP contribution in [0.2, 0.25) is 0 Å². The number of aryl methyl sites for hydroxylation is 1. The summed E-state index contributed by atoms with van der Waals surface area (Å²) in [6.07, 6.45) is -0.178. The summed E-state index contributed by atoms with van der Waals surface area (Å²) in [4.78, 5) is 30.4. The van der Waals surface area contributed by atoms with Gasteiger partial charge in [0.15, 0.2) is 5.76 Å². The molecular formula is C26H29F3N4O3. The van der Waals surface area contributed by atoms with Gasteiger partial charge >= 0.3 is 6.18 Å². The Hall–Kier alpha value is -3.56. The van der Waals surface area contributed by atoms with E-state index in [9.17, 15) is 27.9 Å². The van der Waals surface area contributed by atoms with Gasteiger partial charge < -0.3 is 20.6 Å². The number of aliphatic hydroxyl groups is 1. The molecule has 0 atom stereocenters. The summed E-state index contributed by atoms with van der Waals surface area (Å²) in [7, 11) is 0. The van der Waals surface area contributed by atoms with Gasteiger partial charge in [-0.1, -0.05) is 30.3 Å². The number of carbonyl (C=O) groups is 2. The first kappa shape index (κ1) is 25.5. The van der Waals surface area contributed by atoms with E-state index >= 15 is 0 Å². The molecule has 1 aliphatic heterocycles. The van der Waals surface area contributed by atoms with Crippen molar-refractivity contribution < 1.29 is 27.9 Å². The predicted molar refractivity (Wildman–Crippen MR) is 128 cm³/mol. The van der Waals surface area contributed by atoms with Crippen molar-refractivity contribution in [2.75, 3.05) is 25.0 Å². The summed E-state index contributed by atoms with van der Waals surface area (Å²) < 4.78 is 38.4. The van der Waals surface area contributed by atoms with E-state index in [0.29, 0.717) is 11.5 Å². The van der Waals surface area contributed by atoms with Crippen molar-refractivity contribution in [3.8, 4) is 0 Å². The van der Waals surface area contributed by atoms with Crippen LogP contribution < -0.4 is 10.6 Å². The highest BCUT2D eigenvalue weighted by Crippen LogP contribution is 2.33. The highest BCUT2D eigenvalue weighted by molar-refractivity contribution is 6.07. The number of nitrogens with zero attached hydrogens (tertiary/aromatic N) is 2. The quantitative estimate of drug-likeness (QED) is 0.524. The van der Waals surface area contributed by atoms with Gasteiger partial charge in [-0.15, -0.1) is 0 Å². The molecule has 10 heteroatoms. The highest BCUT2D eigenvalue weighted by Gasteiger charge is 2.35. The molecule has 1 aromatic heterocycles. The number of benzene rings is 1. The zero-order valence-electron chi connectivity index (χ0n) is 19.9. The van der Waals surface area contributed by atoms with Crippen LogP contribution in [0.25, 0.3) is 0 Å². The Morgan fingerprint density at radius 2 is 1.86 bits per heavy atom. The Morgan fingerprint density at radius 3 is 2.50 bits per heavy atom. The number of carbonyl (C=O) groups excluding carboxylic acids is 2. The Kier molecular flexibility index (Phi) is 7.51. The second-order valence-electron chi connectivity index (χ2n) is 9.30. The highest BCUT2D eigenvalue weighted by atomic mass is 19.4. The zero-order chi connectivity index (χ0) is 25.9. The minimum absolute atomic E-state index is 0.0164. The van der Waals surface area contributed by atoms with Crippen LogP contribution in [0.5, 0.6) is 0 Å². The van der Waals surface area contributed by atoms with E-state index in [2.05, 4.69) is 27.8 Å². The molecule has 2 amide bonds. The first-order chi connectivity index (χ1) is 17.1. The van der Waals surface area contributed by atoms with Gasteiger partial charge in [0.1, 0.15) is 5.82 Å². The number of nitrogens with one attached hydrogen (secondary N) is 2. The van der Waals surface area contributed by atoms with E-state index < -0.39 is 29.3 Å². The van der Waals surface area contributed by atoms with Crippen LogP contribution >= 0.6 is 0 Å². The number of pyridine rings is 1. The molecule has 1 saturated carbocycles. The van der Waals surface area contributed by atoms with Gasteiger partial charge in [0.2, 0.25) is 0 Å². The molecule has 36 heavy (non-hydrogen) atoms. The SMILES string of the molecule is Cc1cc(C(F)(F)F)cnc1NCCN1CC(C(=O)NC2CCC(c3ccccc3)CC2)=C(O)C1=O. The fourth-order valence-corrected chi connectivity index (χ4v) is 4.77. The lowest BCUT2D eigenvalue weighted by Gasteiger charge is -2.29. The largest absolute Gasteiger partial charge is 0.503 e. The Morgan fingerprint density at radius 1 is 1.17 bits per heavy atom. The average molecular weight is 503 g/mol. The van der Waals surface area contributed by atoms with E-state index in [-0.39, 0.29) is 37.1 Å². The normalized spacial score (nSPS) is 20.6. The van der Waals surface area contributed by atoms with Crippen LogP contribution in [0.1, 0.15) is 48.3 Å². The molecular weight excluding hydrogens is 473 g/mol. The minimum Gasteiger partial charge on any atom is -0.503 e.